The molecule has 1 fully saturated rings. The number of guanidine groups is 1. The molecule has 1 atom stereocenters. The molecule has 0 saturated heterocycles. The van der Waals surface area contributed by atoms with Crippen LogP contribution in [0.25, 0.3) is 0 Å². The van der Waals surface area contributed by atoms with Crippen LogP contribution in [0.1, 0.15) is 46.0 Å². The molecule has 1 aliphatic carbocycles. The summed E-state index contributed by atoms with van der Waals surface area (Å²) in [5, 5.41) is 6.83. The zero-order valence-corrected chi connectivity index (χ0v) is 19.8. The van der Waals surface area contributed by atoms with Gasteiger partial charge in [-0.1, -0.05) is 6.42 Å². The van der Waals surface area contributed by atoms with Crippen LogP contribution < -0.4 is 10.6 Å². The van der Waals surface area contributed by atoms with Gasteiger partial charge in [0.15, 0.2) is 5.96 Å². The van der Waals surface area contributed by atoms with Gasteiger partial charge in [-0.2, -0.15) is 0 Å². The van der Waals surface area contributed by atoms with Crippen molar-refractivity contribution in [1.29, 1.82) is 0 Å². The number of rotatable bonds is 13. The summed E-state index contributed by atoms with van der Waals surface area (Å²) < 4.78 is 11.1. The summed E-state index contributed by atoms with van der Waals surface area (Å²) in [4.78, 5) is 7.06. The third kappa shape index (κ3) is 10.3. The van der Waals surface area contributed by atoms with E-state index in [1.165, 1.54) is 19.3 Å². The van der Waals surface area contributed by atoms with E-state index in [9.17, 15) is 0 Å². The molecule has 1 unspecified atom stereocenters. The lowest BCUT2D eigenvalue weighted by molar-refractivity contribution is 0.0547. The molecule has 0 bridgehead atoms. The van der Waals surface area contributed by atoms with E-state index < -0.39 is 0 Å². The van der Waals surface area contributed by atoms with Crippen molar-refractivity contribution >= 4 is 29.9 Å². The molecule has 0 radical (unpaired) electrons. The van der Waals surface area contributed by atoms with Gasteiger partial charge >= 0.3 is 0 Å². The second-order valence-electron chi connectivity index (χ2n) is 7.34. The van der Waals surface area contributed by atoms with E-state index in [-0.39, 0.29) is 30.1 Å². The molecule has 6 nitrogen and oxygen atoms in total. The Morgan fingerprint density at radius 3 is 2.46 bits per heavy atom. The second kappa shape index (κ2) is 14.9. The van der Waals surface area contributed by atoms with E-state index in [1.807, 2.05) is 0 Å². The molecule has 0 spiro atoms. The van der Waals surface area contributed by atoms with Crippen molar-refractivity contribution in [2.75, 3.05) is 60.6 Å². The minimum Gasteiger partial charge on any atom is -0.385 e. The highest BCUT2D eigenvalue weighted by Crippen LogP contribution is 2.44. The molecular formula is C19H41IN4O2. The standard InChI is InChI=1S/C19H40N4O2.HI/c1-6-20-18(21-15-17(25-7-2)9-13-23(3)4)22-16-19(10-8-11-19)12-14-24-5;/h17H,6-16H2,1-5H3,(H2,20,21,22);1H. The molecule has 0 heterocycles. The van der Waals surface area contributed by atoms with Crippen LogP contribution in [0.15, 0.2) is 4.99 Å². The fourth-order valence-electron chi connectivity index (χ4n) is 3.16. The highest BCUT2D eigenvalue weighted by molar-refractivity contribution is 14.0. The smallest absolute Gasteiger partial charge is 0.191 e. The van der Waals surface area contributed by atoms with E-state index in [0.29, 0.717) is 5.41 Å². The van der Waals surface area contributed by atoms with Gasteiger partial charge in [-0.15, -0.1) is 24.0 Å². The number of hydrogen-bond donors (Lipinski definition) is 2. The maximum atomic E-state index is 5.86. The summed E-state index contributed by atoms with van der Waals surface area (Å²) >= 11 is 0. The van der Waals surface area contributed by atoms with Gasteiger partial charge in [-0.05, 0) is 59.0 Å². The Labute approximate surface area is 177 Å². The highest BCUT2D eigenvalue weighted by atomic mass is 127. The Hall–Kier alpha value is -0.120. The van der Waals surface area contributed by atoms with Crippen molar-refractivity contribution in [1.82, 2.24) is 15.5 Å². The van der Waals surface area contributed by atoms with Crippen LogP contribution in [0.5, 0.6) is 0 Å². The van der Waals surface area contributed by atoms with Gasteiger partial charge in [-0.25, -0.2) is 0 Å². The summed E-state index contributed by atoms with van der Waals surface area (Å²) in [7, 11) is 5.98. The highest BCUT2D eigenvalue weighted by Gasteiger charge is 2.36. The molecule has 0 amide bonds. The molecular weight excluding hydrogens is 443 g/mol. The van der Waals surface area contributed by atoms with Crippen molar-refractivity contribution in [3.05, 3.63) is 0 Å². The van der Waals surface area contributed by atoms with Crippen LogP contribution in [0.2, 0.25) is 0 Å². The Balaban J connectivity index is 0.00000625. The summed E-state index contributed by atoms with van der Waals surface area (Å²) in [6.07, 6.45) is 6.19. The first kappa shape index (κ1) is 25.9. The number of hydrogen-bond acceptors (Lipinski definition) is 4. The van der Waals surface area contributed by atoms with Gasteiger partial charge in [-0.3, -0.25) is 4.99 Å². The van der Waals surface area contributed by atoms with Gasteiger partial charge < -0.3 is 25.0 Å². The molecule has 7 heteroatoms. The summed E-state index contributed by atoms with van der Waals surface area (Å²) in [5.74, 6) is 0.903. The first-order chi connectivity index (χ1) is 12.0. The lowest BCUT2D eigenvalue weighted by atomic mass is 9.67. The topological polar surface area (TPSA) is 58.1 Å². The lowest BCUT2D eigenvalue weighted by Gasteiger charge is -2.40. The largest absolute Gasteiger partial charge is 0.385 e. The summed E-state index contributed by atoms with van der Waals surface area (Å²) in [5.41, 5.74) is 0.350. The zero-order valence-electron chi connectivity index (χ0n) is 17.5. The van der Waals surface area contributed by atoms with E-state index in [4.69, 9.17) is 14.5 Å². The van der Waals surface area contributed by atoms with Crippen LogP contribution in [-0.2, 0) is 9.47 Å². The van der Waals surface area contributed by atoms with Crippen molar-refractivity contribution in [3.63, 3.8) is 0 Å². The first-order valence-corrected chi connectivity index (χ1v) is 9.82. The van der Waals surface area contributed by atoms with Gasteiger partial charge in [0.1, 0.15) is 0 Å². The molecule has 2 N–H and O–H groups in total. The number of methoxy groups -OCH3 is 1. The Morgan fingerprint density at radius 2 is 1.96 bits per heavy atom. The average molecular weight is 484 g/mol. The van der Waals surface area contributed by atoms with Crippen molar-refractivity contribution in [2.45, 2.75) is 52.1 Å². The summed E-state index contributed by atoms with van der Waals surface area (Å²) in [6.45, 7) is 9.30. The van der Waals surface area contributed by atoms with Gasteiger partial charge in [0.25, 0.3) is 0 Å². The van der Waals surface area contributed by atoms with Crippen LogP contribution in [0.4, 0.5) is 0 Å². The predicted octanol–water partition coefficient (Wildman–Crippen LogP) is 2.72. The second-order valence-corrected chi connectivity index (χ2v) is 7.34. The molecule has 0 aromatic carbocycles. The molecule has 0 aromatic rings. The third-order valence-electron chi connectivity index (χ3n) is 4.97. The molecule has 26 heavy (non-hydrogen) atoms. The maximum Gasteiger partial charge on any atom is 0.191 e. The fourth-order valence-corrected chi connectivity index (χ4v) is 3.16. The van der Waals surface area contributed by atoms with Crippen LogP contribution >= 0.6 is 24.0 Å². The van der Waals surface area contributed by atoms with E-state index in [1.54, 1.807) is 7.11 Å². The third-order valence-corrected chi connectivity index (χ3v) is 4.97. The number of aliphatic imine (C=N–C) groups is 1. The van der Waals surface area contributed by atoms with Crippen LogP contribution in [-0.4, -0.2) is 77.6 Å². The van der Waals surface area contributed by atoms with Gasteiger partial charge in [0.05, 0.1) is 6.10 Å². The van der Waals surface area contributed by atoms with E-state index in [0.717, 1.165) is 58.2 Å². The van der Waals surface area contributed by atoms with Crippen LogP contribution in [0.3, 0.4) is 0 Å². The minimum absolute atomic E-state index is 0. The lowest BCUT2D eigenvalue weighted by Crippen LogP contribution is -2.43. The average Bonchev–Trinajstić information content (AvgIpc) is 2.55. The quantitative estimate of drug-likeness (QED) is 0.239. The molecule has 1 rings (SSSR count). The van der Waals surface area contributed by atoms with Crippen molar-refractivity contribution in [2.24, 2.45) is 10.4 Å². The van der Waals surface area contributed by atoms with Gasteiger partial charge in [0, 0.05) is 46.5 Å². The SMILES string of the molecule is CCNC(=NCC1(CCOC)CCC1)NCC(CCN(C)C)OCC.I. The molecule has 1 saturated carbocycles. The fraction of sp³-hybridized carbons (Fsp3) is 0.947. The Bertz CT molecular complexity index is 377. The monoisotopic (exact) mass is 484 g/mol. The predicted molar refractivity (Wildman–Crippen MR) is 121 cm³/mol. The molecule has 156 valence electrons. The number of nitrogens with zero attached hydrogens (tertiary/aromatic N) is 2. The number of nitrogens with one attached hydrogen (secondary N) is 2. The van der Waals surface area contributed by atoms with Gasteiger partial charge in [0.2, 0.25) is 0 Å². The number of ether oxygens (including phenoxy) is 2. The van der Waals surface area contributed by atoms with Crippen molar-refractivity contribution in [3.8, 4) is 0 Å². The van der Waals surface area contributed by atoms with Crippen molar-refractivity contribution < 1.29 is 9.47 Å². The maximum absolute atomic E-state index is 5.86. The molecule has 1 aliphatic rings. The summed E-state index contributed by atoms with van der Waals surface area (Å²) in [6, 6.07) is 0. The molecule has 0 aliphatic heterocycles. The van der Waals surface area contributed by atoms with E-state index in [2.05, 4.69) is 43.5 Å². The van der Waals surface area contributed by atoms with Crippen LogP contribution in [0, 0.1) is 5.41 Å². The first-order valence-electron chi connectivity index (χ1n) is 9.82. The normalized spacial score (nSPS) is 17.4. The minimum atomic E-state index is 0. The zero-order chi connectivity index (χ0) is 18.5. The van der Waals surface area contributed by atoms with E-state index >= 15 is 0 Å². The Morgan fingerprint density at radius 1 is 1.23 bits per heavy atom. The Kier molecular flexibility index (Phi) is 14.8. The molecule has 0 aromatic heterocycles. The number of halogens is 1.